The Morgan fingerprint density at radius 2 is 2.18 bits per heavy atom. The van der Waals surface area contributed by atoms with E-state index in [1.807, 2.05) is 13.8 Å². The van der Waals surface area contributed by atoms with Gasteiger partial charge in [-0.05, 0) is 25.8 Å². The number of aliphatic hydroxyl groups is 1. The van der Waals surface area contributed by atoms with Crippen LogP contribution in [0.3, 0.4) is 0 Å². The molecule has 0 aliphatic carbocycles. The Kier molecular flexibility index (Phi) is 5.15. The van der Waals surface area contributed by atoms with Crippen LogP contribution >= 0.6 is 0 Å². The Morgan fingerprint density at radius 3 is 2.76 bits per heavy atom. The molecule has 0 amide bonds. The Hall–Kier alpha value is -1.36. The fraction of sp³-hybridized carbons (Fsp3) is 0.667. The van der Waals surface area contributed by atoms with Gasteiger partial charge in [-0.2, -0.15) is 4.98 Å². The van der Waals surface area contributed by atoms with E-state index < -0.39 is 0 Å². The largest absolute Gasteiger partial charge is 0.394 e. The minimum atomic E-state index is -0.337. The van der Waals surface area contributed by atoms with Crippen LogP contribution in [0.25, 0.3) is 0 Å². The molecule has 1 aromatic rings. The zero-order valence-electron chi connectivity index (χ0n) is 10.8. The van der Waals surface area contributed by atoms with E-state index in [-0.39, 0.29) is 12.1 Å². The van der Waals surface area contributed by atoms with Crippen LogP contribution in [-0.2, 0) is 0 Å². The fourth-order valence-electron chi connectivity index (χ4n) is 1.30. The summed E-state index contributed by atoms with van der Waals surface area (Å²) in [7, 11) is 0. The summed E-state index contributed by atoms with van der Waals surface area (Å²) in [6.45, 7) is 7.02. The van der Waals surface area contributed by atoms with Crippen molar-refractivity contribution in [1.82, 2.24) is 9.97 Å². The Bertz CT molecular complexity index is 339. The second-order valence-electron chi connectivity index (χ2n) is 4.39. The minimum Gasteiger partial charge on any atom is -0.394 e. The van der Waals surface area contributed by atoms with Crippen molar-refractivity contribution in [3.8, 4) is 0 Å². The van der Waals surface area contributed by atoms with E-state index in [1.165, 1.54) is 0 Å². The van der Waals surface area contributed by atoms with E-state index >= 15 is 0 Å². The van der Waals surface area contributed by atoms with Gasteiger partial charge in [-0.3, -0.25) is 0 Å². The second-order valence-corrected chi connectivity index (χ2v) is 4.39. The van der Waals surface area contributed by atoms with Gasteiger partial charge >= 0.3 is 0 Å². The third-order valence-corrected chi connectivity index (χ3v) is 2.75. The van der Waals surface area contributed by atoms with Crippen molar-refractivity contribution in [1.29, 1.82) is 0 Å². The molecule has 3 N–H and O–H groups in total. The molecule has 1 atom stereocenters. The van der Waals surface area contributed by atoms with Crippen LogP contribution < -0.4 is 10.6 Å². The first-order valence-electron chi connectivity index (χ1n) is 6.09. The maximum atomic E-state index is 9.34. The smallest absolute Gasteiger partial charge is 0.224 e. The van der Waals surface area contributed by atoms with Gasteiger partial charge in [0.1, 0.15) is 5.82 Å². The molecule has 0 saturated heterocycles. The average molecular weight is 238 g/mol. The third-order valence-electron chi connectivity index (χ3n) is 2.75. The maximum Gasteiger partial charge on any atom is 0.224 e. The van der Waals surface area contributed by atoms with E-state index in [0.717, 1.165) is 25.2 Å². The van der Waals surface area contributed by atoms with E-state index in [4.69, 9.17) is 0 Å². The average Bonchev–Trinajstić information content (AvgIpc) is 2.36. The van der Waals surface area contributed by atoms with Crippen molar-refractivity contribution < 1.29 is 5.11 Å². The lowest BCUT2D eigenvalue weighted by molar-refractivity contribution is 0.218. The number of rotatable bonds is 7. The monoisotopic (exact) mass is 238 g/mol. The Labute approximate surface area is 103 Å². The molecule has 0 aliphatic rings. The standard InChI is InChI=1S/C12H22N4O/c1-4-7-13-11-14-8-6-10(15-11)16-12(3,5-2)9-17/h6,8,17H,4-5,7,9H2,1-3H3,(H2,13,14,15,16). The molecule has 0 aliphatic heterocycles. The number of nitrogens with one attached hydrogen (secondary N) is 2. The zero-order valence-corrected chi connectivity index (χ0v) is 10.8. The van der Waals surface area contributed by atoms with Crippen molar-refractivity contribution in [3.63, 3.8) is 0 Å². The fourth-order valence-corrected chi connectivity index (χ4v) is 1.30. The first-order valence-corrected chi connectivity index (χ1v) is 6.09. The van der Waals surface area contributed by atoms with Crippen molar-refractivity contribution in [2.75, 3.05) is 23.8 Å². The lowest BCUT2D eigenvalue weighted by atomic mass is 10.0. The van der Waals surface area contributed by atoms with Gasteiger partial charge in [0.2, 0.25) is 5.95 Å². The van der Waals surface area contributed by atoms with Gasteiger partial charge in [0.25, 0.3) is 0 Å². The Balaban J connectivity index is 2.71. The molecule has 1 heterocycles. The highest BCUT2D eigenvalue weighted by Crippen LogP contribution is 2.16. The van der Waals surface area contributed by atoms with Crippen LogP contribution in [0.15, 0.2) is 12.3 Å². The molecule has 0 saturated carbocycles. The van der Waals surface area contributed by atoms with Crippen molar-refractivity contribution in [2.45, 2.75) is 39.2 Å². The quantitative estimate of drug-likeness (QED) is 0.676. The zero-order chi connectivity index (χ0) is 12.7. The van der Waals surface area contributed by atoms with E-state index in [9.17, 15) is 5.11 Å². The lowest BCUT2D eigenvalue weighted by Crippen LogP contribution is -2.38. The number of aliphatic hydroxyl groups excluding tert-OH is 1. The predicted octanol–water partition coefficient (Wildman–Crippen LogP) is 1.87. The number of hydrogen-bond acceptors (Lipinski definition) is 5. The van der Waals surface area contributed by atoms with Gasteiger partial charge in [-0.1, -0.05) is 13.8 Å². The SMILES string of the molecule is CCCNc1nccc(NC(C)(CC)CO)n1. The molecule has 1 aromatic heterocycles. The van der Waals surface area contributed by atoms with Crippen molar-refractivity contribution in [2.24, 2.45) is 0 Å². The highest BCUT2D eigenvalue weighted by atomic mass is 16.3. The molecular weight excluding hydrogens is 216 g/mol. The molecule has 0 aromatic carbocycles. The maximum absolute atomic E-state index is 9.34. The molecule has 1 unspecified atom stereocenters. The minimum absolute atomic E-state index is 0.0746. The molecular formula is C12H22N4O. The molecule has 0 fully saturated rings. The van der Waals surface area contributed by atoms with E-state index in [0.29, 0.717) is 5.95 Å². The molecule has 0 bridgehead atoms. The molecule has 0 radical (unpaired) electrons. The summed E-state index contributed by atoms with van der Waals surface area (Å²) in [6.07, 6.45) is 3.57. The first-order chi connectivity index (χ1) is 8.13. The number of aromatic nitrogens is 2. The van der Waals surface area contributed by atoms with Gasteiger partial charge in [0, 0.05) is 12.7 Å². The van der Waals surface area contributed by atoms with Gasteiger partial charge in [-0.25, -0.2) is 4.98 Å². The highest BCUT2D eigenvalue weighted by Gasteiger charge is 2.20. The normalized spacial score (nSPS) is 14.1. The second kappa shape index (κ2) is 6.39. The predicted molar refractivity (Wildman–Crippen MR) is 70.2 cm³/mol. The van der Waals surface area contributed by atoms with Gasteiger partial charge in [-0.15, -0.1) is 0 Å². The van der Waals surface area contributed by atoms with E-state index in [1.54, 1.807) is 12.3 Å². The summed E-state index contributed by atoms with van der Waals surface area (Å²) in [6, 6.07) is 1.81. The molecule has 1 rings (SSSR count). The van der Waals surface area contributed by atoms with Gasteiger partial charge in [0.15, 0.2) is 0 Å². The molecule has 5 heteroatoms. The molecule has 5 nitrogen and oxygen atoms in total. The summed E-state index contributed by atoms with van der Waals surface area (Å²) in [5.74, 6) is 1.35. The van der Waals surface area contributed by atoms with Gasteiger partial charge < -0.3 is 15.7 Å². The third kappa shape index (κ3) is 4.19. The van der Waals surface area contributed by atoms with Crippen LogP contribution in [0.4, 0.5) is 11.8 Å². The van der Waals surface area contributed by atoms with Gasteiger partial charge in [0.05, 0.1) is 12.1 Å². The number of hydrogen-bond donors (Lipinski definition) is 3. The molecule has 96 valence electrons. The summed E-state index contributed by atoms with van der Waals surface area (Å²) in [4.78, 5) is 8.48. The van der Waals surface area contributed by atoms with Crippen LogP contribution in [0, 0.1) is 0 Å². The number of nitrogens with zero attached hydrogens (tertiary/aromatic N) is 2. The topological polar surface area (TPSA) is 70.1 Å². The summed E-state index contributed by atoms with van der Waals surface area (Å²) < 4.78 is 0. The highest BCUT2D eigenvalue weighted by molar-refractivity contribution is 5.41. The van der Waals surface area contributed by atoms with Crippen LogP contribution in [0.5, 0.6) is 0 Å². The summed E-state index contributed by atoms with van der Waals surface area (Å²) in [5.41, 5.74) is -0.337. The van der Waals surface area contributed by atoms with Crippen molar-refractivity contribution in [3.05, 3.63) is 12.3 Å². The van der Waals surface area contributed by atoms with Crippen LogP contribution in [0.2, 0.25) is 0 Å². The number of anilines is 2. The first kappa shape index (κ1) is 13.7. The molecule has 17 heavy (non-hydrogen) atoms. The van der Waals surface area contributed by atoms with E-state index in [2.05, 4.69) is 27.5 Å². The lowest BCUT2D eigenvalue weighted by Gasteiger charge is -2.27. The Morgan fingerprint density at radius 1 is 1.41 bits per heavy atom. The molecule has 0 spiro atoms. The van der Waals surface area contributed by atoms with Crippen LogP contribution in [0.1, 0.15) is 33.6 Å². The summed E-state index contributed by atoms with van der Waals surface area (Å²) >= 11 is 0. The summed E-state index contributed by atoms with van der Waals surface area (Å²) in [5, 5.41) is 15.7. The van der Waals surface area contributed by atoms with Crippen molar-refractivity contribution >= 4 is 11.8 Å². The van der Waals surface area contributed by atoms with Crippen LogP contribution in [-0.4, -0.2) is 33.8 Å².